The molecule has 2 N–H and O–H groups in total. The second-order valence-corrected chi connectivity index (χ2v) is 5.22. The first-order valence-corrected chi connectivity index (χ1v) is 7.17. The zero-order valence-electron chi connectivity index (χ0n) is 12.0. The van der Waals surface area contributed by atoms with Crippen LogP contribution < -0.4 is 5.32 Å². The van der Waals surface area contributed by atoms with Crippen molar-refractivity contribution in [2.45, 2.75) is 12.5 Å². The van der Waals surface area contributed by atoms with E-state index in [0.29, 0.717) is 11.1 Å². The lowest BCUT2D eigenvalue weighted by Crippen LogP contribution is -2.42. The molecule has 0 heterocycles. The number of nitriles is 1. The summed E-state index contributed by atoms with van der Waals surface area (Å²) < 4.78 is 0. The van der Waals surface area contributed by atoms with Gasteiger partial charge in [0.05, 0.1) is 22.2 Å². The lowest BCUT2D eigenvalue weighted by molar-refractivity contribution is -0.139. The van der Waals surface area contributed by atoms with Gasteiger partial charge in [-0.3, -0.25) is 4.79 Å². The van der Waals surface area contributed by atoms with Crippen molar-refractivity contribution in [1.82, 2.24) is 5.32 Å². The van der Waals surface area contributed by atoms with Crippen molar-refractivity contribution in [3.05, 3.63) is 70.2 Å². The fourth-order valence-electron chi connectivity index (χ4n) is 2.11. The summed E-state index contributed by atoms with van der Waals surface area (Å²) in [5, 5.41) is 21.1. The van der Waals surface area contributed by atoms with Gasteiger partial charge < -0.3 is 10.4 Å². The first-order chi connectivity index (χ1) is 11.0. The van der Waals surface area contributed by atoms with Crippen LogP contribution in [-0.2, 0) is 11.2 Å². The summed E-state index contributed by atoms with van der Waals surface area (Å²) in [5.74, 6) is -1.75. The quantitative estimate of drug-likeness (QED) is 0.882. The van der Waals surface area contributed by atoms with Crippen molar-refractivity contribution < 1.29 is 14.7 Å². The van der Waals surface area contributed by atoms with Gasteiger partial charge >= 0.3 is 5.97 Å². The van der Waals surface area contributed by atoms with Crippen molar-refractivity contribution in [1.29, 1.82) is 5.26 Å². The Morgan fingerprint density at radius 1 is 1.17 bits per heavy atom. The van der Waals surface area contributed by atoms with E-state index in [1.165, 1.54) is 6.07 Å². The molecule has 0 radical (unpaired) electrons. The topological polar surface area (TPSA) is 90.2 Å². The van der Waals surface area contributed by atoms with Crippen molar-refractivity contribution in [2.75, 3.05) is 0 Å². The average Bonchev–Trinajstić information content (AvgIpc) is 2.54. The molecule has 0 unspecified atom stereocenters. The van der Waals surface area contributed by atoms with Gasteiger partial charge in [0, 0.05) is 6.42 Å². The van der Waals surface area contributed by atoms with E-state index >= 15 is 0 Å². The van der Waals surface area contributed by atoms with E-state index in [1.54, 1.807) is 42.5 Å². The highest BCUT2D eigenvalue weighted by atomic mass is 35.5. The fraction of sp³-hybridized carbons (Fsp3) is 0.118. The third-order valence-corrected chi connectivity index (χ3v) is 3.61. The molecule has 116 valence electrons. The number of halogens is 1. The smallest absolute Gasteiger partial charge is 0.326 e. The molecular formula is C17H13ClN2O3. The van der Waals surface area contributed by atoms with Crippen molar-refractivity contribution in [3.63, 3.8) is 0 Å². The minimum Gasteiger partial charge on any atom is -0.480 e. The zero-order valence-corrected chi connectivity index (χ0v) is 12.7. The Kier molecular flexibility index (Phi) is 5.34. The molecule has 5 nitrogen and oxygen atoms in total. The molecule has 23 heavy (non-hydrogen) atoms. The van der Waals surface area contributed by atoms with Crippen LogP contribution in [0, 0.1) is 11.3 Å². The van der Waals surface area contributed by atoms with Gasteiger partial charge in [-0.1, -0.05) is 41.9 Å². The molecule has 1 amide bonds. The van der Waals surface area contributed by atoms with E-state index in [9.17, 15) is 14.7 Å². The Morgan fingerprint density at radius 3 is 2.48 bits per heavy atom. The summed E-state index contributed by atoms with van der Waals surface area (Å²) in [6.07, 6.45) is 0.00919. The summed E-state index contributed by atoms with van der Waals surface area (Å²) in [6, 6.07) is 13.9. The van der Waals surface area contributed by atoms with Crippen molar-refractivity contribution >= 4 is 23.5 Å². The fourth-order valence-corrected chi connectivity index (χ4v) is 2.33. The second kappa shape index (κ2) is 7.43. The molecule has 0 aliphatic carbocycles. The van der Waals surface area contributed by atoms with Crippen LogP contribution >= 0.6 is 11.6 Å². The maximum Gasteiger partial charge on any atom is 0.326 e. The van der Waals surface area contributed by atoms with Gasteiger partial charge in [-0.05, 0) is 23.8 Å². The molecule has 0 aliphatic rings. The van der Waals surface area contributed by atoms with E-state index < -0.39 is 17.9 Å². The number of aliphatic carboxylic acids is 1. The normalized spacial score (nSPS) is 11.3. The summed E-state index contributed by atoms with van der Waals surface area (Å²) >= 11 is 5.94. The van der Waals surface area contributed by atoms with Crippen LogP contribution in [0.25, 0.3) is 0 Å². The molecule has 2 rings (SSSR count). The minimum atomic E-state index is -1.18. The Bertz CT molecular complexity index is 783. The van der Waals surface area contributed by atoms with Gasteiger partial charge in [0.25, 0.3) is 5.91 Å². The highest BCUT2D eigenvalue weighted by Gasteiger charge is 2.23. The SMILES string of the molecule is N#Cc1ccccc1C[C@@H](NC(=O)c1ccccc1Cl)C(=O)O. The van der Waals surface area contributed by atoms with Gasteiger partial charge in [0.15, 0.2) is 0 Å². The number of benzene rings is 2. The Morgan fingerprint density at radius 2 is 1.83 bits per heavy atom. The molecule has 0 aliphatic heterocycles. The predicted octanol–water partition coefficient (Wildman–Crippen LogP) is 2.64. The number of amides is 1. The highest BCUT2D eigenvalue weighted by molar-refractivity contribution is 6.33. The van der Waals surface area contributed by atoms with Gasteiger partial charge in [-0.15, -0.1) is 0 Å². The van der Waals surface area contributed by atoms with Crippen LogP contribution in [0.2, 0.25) is 5.02 Å². The van der Waals surface area contributed by atoms with Crippen LogP contribution in [0.4, 0.5) is 0 Å². The van der Waals surface area contributed by atoms with Crippen molar-refractivity contribution in [2.24, 2.45) is 0 Å². The molecule has 0 fully saturated rings. The molecule has 6 heteroatoms. The van der Waals surface area contributed by atoms with Gasteiger partial charge in [-0.25, -0.2) is 4.79 Å². The number of nitrogens with one attached hydrogen (secondary N) is 1. The maximum atomic E-state index is 12.2. The van der Waals surface area contributed by atoms with Crippen LogP contribution in [0.15, 0.2) is 48.5 Å². The summed E-state index contributed by atoms with van der Waals surface area (Å²) in [5.41, 5.74) is 1.14. The number of carboxylic acid groups (broad SMARTS) is 1. The van der Waals surface area contributed by atoms with Crippen LogP contribution in [0.5, 0.6) is 0 Å². The molecule has 0 saturated carbocycles. The summed E-state index contributed by atoms with van der Waals surface area (Å²) in [4.78, 5) is 23.6. The molecule has 2 aromatic rings. The maximum absolute atomic E-state index is 12.2. The van der Waals surface area contributed by atoms with Gasteiger partial charge in [0.1, 0.15) is 6.04 Å². The lowest BCUT2D eigenvalue weighted by Gasteiger charge is -2.16. The summed E-state index contributed by atoms with van der Waals surface area (Å²) in [6.45, 7) is 0. The van der Waals surface area contributed by atoms with E-state index in [-0.39, 0.29) is 17.0 Å². The third-order valence-electron chi connectivity index (χ3n) is 3.28. The van der Waals surface area contributed by atoms with Crippen molar-refractivity contribution in [3.8, 4) is 6.07 Å². The first-order valence-electron chi connectivity index (χ1n) is 6.79. The van der Waals surface area contributed by atoms with E-state index in [2.05, 4.69) is 5.32 Å². The molecule has 0 spiro atoms. The monoisotopic (exact) mass is 328 g/mol. The van der Waals surface area contributed by atoms with E-state index in [1.807, 2.05) is 6.07 Å². The van der Waals surface area contributed by atoms with Gasteiger partial charge in [-0.2, -0.15) is 5.26 Å². The Balaban J connectivity index is 2.20. The molecule has 0 aromatic heterocycles. The number of nitrogens with zero attached hydrogens (tertiary/aromatic N) is 1. The highest BCUT2D eigenvalue weighted by Crippen LogP contribution is 2.16. The zero-order chi connectivity index (χ0) is 16.8. The van der Waals surface area contributed by atoms with Crippen LogP contribution in [-0.4, -0.2) is 23.0 Å². The molecule has 0 bridgehead atoms. The minimum absolute atomic E-state index is 0.00919. The first kappa shape index (κ1) is 16.5. The third kappa shape index (κ3) is 4.09. The molecule has 0 saturated heterocycles. The standard InChI is InChI=1S/C17H13ClN2O3/c18-14-8-4-3-7-13(14)16(21)20-15(17(22)23)9-11-5-1-2-6-12(11)10-19/h1-8,15H,9H2,(H,20,21)(H,22,23)/t15-/m1/s1. The number of carbonyl (C=O) groups excluding carboxylic acids is 1. The molecule has 2 aromatic carbocycles. The van der Waals surface area contributed by atoms with E-state index in [4.69, 9.17) is 16.9 Å². The molecular weight excluding hydrogens is 316 g/mol. The number of hydrogen-bond acceptors (Lipinski definition) is 3. The molecule has 1 atom stereocenters. The number of hydrogen-bond donors (Lipinski definition) is 2. The summed E-state index contributed by atoms with van der Waals surface area (Å²) in [7, 11) is 0. The Hall–Kier alpha value is -2.84. The van der Waals surface area contributed by atoms with Crippen LogP contribution in [0.3, 0.4) is 0 Å². The number of rotatable bonds is 5. The number of carboxylic acids is 1. The second-order valence-electron chi connectivity index (χ2n) is 4.82. The predicted molar refractivity (Wildman–Crippen MR) is 85.2 cm³/mol. The Labute approximate surface area is 138 Å². The van der Waals surface area contributed by atoms with Gasteiger partial charge in [0.2, 0.25) is 0 Å². The number of carbonyl (C=O) groups is 2. The van der Waals surface area contributed by atoms with E-state index in [0.717, 1.165) is 0 Å². The van der Waals surface area contributed by atoms with Crippen LogP contribution in [0.1, 0.15) is 21.5 Å². The lowest BCUT2D eigenvalue weighted by atomic mass is 10.0. The average molecular weight is 329 g/mol. The largest absolute Gasteiger partial charge is 0.480 e.